The van der Waals surface area contributed by atoms with Crippen LogP contribution in [0.25, 0.3) is 0 Å². The van der Waals surface area contributed by atoms with E-state index >= 15 is 0 Å². The average molecular weight is 253 g/mol. The Kier molecular flexibility index (Phi) is 4.97. The van der Waals surface area contributed by atoms with Crippen LogP contribution in [0.4, 0.5) is 0 Å². The summed E-state index contributed by atoms with van der Waals surface area (Å²) in [6.45, 7) is 3.50. The summed E-state index contributed by atoms with van der Waals surface area (Å²) in [5.41, 5.74) is 6.72. The third kappa shape index (κ3) is 3.37. The number of carbonyl (C=O) groups excluding carboxylic acids is 1. The zero-order valence-electron chi connectivity index (χ0n) is 11.1. The molecule has 1 rings (SSSR count). The summed E-state index contributed by atoms with van der Waals surface area (Å²) in [4.78, 5) is 11.3. The van der Waals surface area contributed by atoms with E-state index in [2.05, 4.69) is 4.74 Å². The van der Waals surface area contributed by atoms with Crippen molar-refractivity contribution in [2.45, 2.75) is 26.0 Å². The number of benzene rings is 1. The molecule has 5 nitrogen and oxygen atoms in total. The average Bonchev–Trinajstić information content (AvgIpc) is 2.37. The van der Waals surface area contributed by atoms with E-state index in [1.807, 2.05) is 13.0 Å². The van der Waals surface area contributed by atoms with E-state index in [4.69, 9.17) is 15.2 Å². The minimum Gasteiger partial charge on any atom is -0.493 e. The number of methoxy groups -OCH3 is 2. The van der Waals surface area contributed by atoms with Crippen molar-refractivity contribution < 1.29 is 19.0 Å². The quantitative estimate of drug-likeness (QED) is 0.808. The van der Waals surface area contributed by atoms with Crippen LogP contribution in [0.15, 0.2) is 18.2 Å². The van der Waals surface area contributed by atoms with Crippen LogP contribution in [0, 0.1) is 0 Å². The number of carbonyl (C=O) groups is 1. The molecule has 0 saturated heterocycles. The van der Waals surface area contributed by atoms with Crippen LogP contribution in [-0.2, 0) is 9.53 Å². The van der Waals surface area contributed by atoms with Crippen molar-refractivity contribution in [2.24, 2.45) is 5.73 Å². The second-order valence-electron chi connectivity index (χ2n) is 3.98. The smallest absolute Gasteiger partial charge is 0.346 e. The molecule has 0 heterocycles. The topological polar surface area (TPSA) is 70.8 Å². The van der Waals surface area contributed by atoms with Gasteiger partial charge in [-0.3, -0.25) is 0 Å². The maximum atomic E-state index is 11.3. The third-order valence-electron chi connectivity index (χ3n) is 2.55. The van der Waals surface area contributed by atoms with Gasteiger partial charge < -0.3 is 19.9 Å². The van der Waals surface area contributed by atoms with Gasteiger partial charge in [0.2, 0.25) is 0 Å². The molecule has 0 aromatic heterocycles. The monoisotopic (exact) mass is 253 g/mol. The highest BCUT2D eigenvalue weighted by molar-refractivity contribution is 5.74. The molecule has 0 aliphatic rings. The Morgan fingerprint density at radius 1 is 1.22 bits per heavy atom. The van der Waals surface area contributed by atoms with Crippen LogP contribution in [-0.4, -0.2) is 26.3 Å². The van der Waals surface area contributed by atoms with E-state index in [0.717, 1.165) is 5.56 Å². The number of ether oxygens (including phenoxy) is 3. The number of nitrogens with two attached hydrogens (primary N) is 1. The van der Waals surface area contributed by atoms with E-state index < -0.39 is 12.1 Å². The SMILES string of the molecule is COC(=O)C(C)Oc1ccc([C@@H](C)N)cc1OC. The van der Waals surface area contributed by atoms with Crippen LogP contribution in [0.2, 0.25) is 0 Å². The summed E-state index contributed by atoms with van der Waals surface area (Å²) in [5.74, 6) is 0.591. The van der Waals surface area contributed by atoms with Crippen molar-refractivity contribution in [2.75, 3.05) is 14.2 Å². The lowest BCUT2D eigenvalue weighted by Gasteiger charge is -2.16. The number of hydrogen-bond acceptors (Lipinski definition) is 5. The predicted octanol–water partition coefficient (Wildman–Crippen LogP) is 1.66. The summed E-state index contributed by atoms with van der Waals surface area (Å²) < 4.78 is 15.3. The minimum absolute atomic E-state index is 0.0917. The molecule has 0 amide bonds. The van der Waals surface area contributed by atoms with Crippen LogP contribution in [0.3, 0.4) is 0 Å². The van der Waals surface area contributed by atoms with Crippen molar-refractivity contribution in [3.05, 3.63) is 23.8 Å². The second-order valence-corrected chi connectivity index (χ2v) is 3.98. The molecule has 0 radical (unpaired) electrons. The van der Waals surface area contributed by atoms with Gasteiger partial charge in [-0.15, -0.1) is 0 Å². The first-order valence-corrected chi connectivity index (χ1v) is 5.67. The van der Waals surface area contributed by atoms with E-state index in [1.165, 1.54) is 14.2 Å². The molecule has 1 aromatic carbocycles. The Morgan fingerprint density at radius 2 is 1.89 bits per heavy atom. The third-order valence-corrected chi connectivity index (χ3v) is 2.55. The maximum absolute atomic E-state index is 11.3. The van der Waals surface area contributed by atoms with Crippen molar-refractivity contribution in [3.63, 3.8) is 0 Å². The summed E-state index contributed by atoms with van der Waals surface area (Å²) in [6, 6.07) is 5.28. The van der Waals surface area contributed by atoms with Crippen molar-refractivity contribution >= 4 is 5.97 Å². The van der Waals surface area contributed by atoms with Crippen LogP contribution < -0.4 is 15.2 Å². The molecule has 0 saturated carbocycles. The Labute approximate surface area is 107 Å². The van der Waals surface area contributed by atoms with Gasteiger partial charge in [-0.2, -0.15) is 0 Å². The molecule has 2 N–H and O–H groups in total. The molecule has 0 spiro atoms. The van der Waals surface area contributed by atoms with Gasteiger partial charge in [-0.05, 0) is 31.5 Å². The molecule has 0 aliphatic heterocycles. The molecular formula is C13H19NO4. The largest absolute Gasteiger partial charge is 0.493 e. The fraction of sp³-hybridized carbons (Fsp3) is 0.462. The Hall–Kier alpha value is -1.75. The number of hydrogen-bond donors (Lipinski definition) is 1. The zero-order valence-corrected chi connectivity index (χ0v) is 11.1. The standard InChI is InChI=1S/C13H19NO4/c1-8(14)10-5-6-11(12(7-10)16-3)18-9(2)13(15)17-4/h5-9H,14H2,1-4H3/t8-,9?/m1/s1. The molecule has 18 heavy (non-hydrogen) atoms. The second kappa shape index (κ2) is 6.26. The first-order chi connectivity index (χ1) is 8.49. The van der Waals surface area contributed by atoms with E-state index in [-0.39, 0.29) is 6.04 Å². The summed E-state index contributed by atoms with van der Waals surface area (Å²) in [7, 11) is 2.86. The van der Waals surface area contributed by atoms with Gasteiger partial charge in [0.15, 0.2) is 17.6 Å². The van der Waals surface area contributed by atoms with Crippen molar-refractivity contribution in [3.8, 4) is 11.5 Å². The maximum Gasteiger partial charge on any atom is 0.346 e. The van der Waals surface area contributed by atoms with Gasteiger partial charge in [-0.1, -0.05) is 6.07 Å². The molecule has 2 atom stereocenters. The first-order valence-electron chi connectivity index (χ1n) is 5.67. The molecule has 1 unspecified atom stereocenters. The Balaban J connectivity index is 2.92. The van der Waals surface area contributed by atoms with Gasteiger partial charge in [0.1, 0.15) is 0 Å². The lowest BCUT2D eigenvalue weighted by Crippen LogP contribution is -2.25. The number of rotatable bonds is 5. The zero-order chi connectivity index (χ0) is 13.7. The minimum atomic E-state index is -0.690. The van der Waals surface area contributed by atoms with E-state index in [9.17, 15) is 4.79 Å². The van der Waals surface area contributed by atoms with Crippen LogP contribution >= 0.6 is 0 Å². The molecule has 100 valence electrons. The first kappa shape index (κ1) is 14.3. The lowest BCUT2D eigenvalue weighted by molar-refractivity contribution is -0.147. The fourth-order valence-electron chi connectivity index (χ4n) is 1.47. The van der Waals surface area contributed by atoms with Gasteiger partial charge in [0.05, 0.1) is 14.2 Å². The Bertz CT molecular complexity index is 417. The summed E-state index contributed by atoms with van der Waals surface area (Å²) in [5, 5.41) is 0. The van der Waals surface area contributed by atoms with Crippen molar-refractivity contribution in [1.29, 1.82) is 0 Å². The molecule has 0 bridgehead atoms. The normalized spacial score (nSPS) is 13.6. The van der Waals surface area contributed by atoms with Gasteiger partial charge in [0.25, 0.3) is 0 Å². The summed E-state index contributed by atoms with van der Waals surface area (Å²) in [6.07, 6.45) is -0.690. The molecule has 5 heteroatoms. The fourth-order valence-corrected chi connectivity index (χ4v) is 1.47. The predicted molar refractivity (Wildman–Crippen MR) is 67.7 cm³/mol. The highest BCUT2D eigenvalue weighted by atomic mass is 16.6. The molecular weight excluding hydrogens is 234 g/mol. The van der Waals surface area contributed by atoms with Gasteiger partial charge >= 0.3 is 5.97 Å². The molecule has 0 aliphatic carbocycles. The molecule has 0 fully saturated rings. The van der Waals surface area contributed by atoms with Crippen LogP contribution in [0.1, 0.15) is 25.5 Å². The van der Waals surface area contributed by atoms with Gasteiger partial charge in [-0.25, -0.2) is 4.79 Å². The number of esters is 1. The highest BCUT2D eigenvalue weighted by Crippen LogP contribution is 2.30. The summed E-state index contributed by atoms with van der Waals surface area (Å²) >= 11 is 0. The van der Waals surface area contributed by atoms with E-state index in [1.54, 1.807) is 19.1 Å². The molecule has 1 aromatic rings. The highest BCUT2D eigenvalue weighted by Gasteiger charge is 2.17. The lowest BCUT2D eigenvalue weighted by atomic mass is 10.1. The van der Waals surface area contributed by atoms with Gasteiger partial charge in [0, 0.05) is 6.04 Å². The van der Waals surface area contributed by atoms with Crippen LogP contribution in [0.5, 0.6) is 11.5 Å². The van der Waals surface area contributed by atoms with E-state index in [0.29, 0.717) is 11.5 Å². The Morgan fingerprint density at radius 3 is 2.39 bits per heavy atom. The van der Waals surface area contributed by atoms with Crippen molar-refractivity contribution in [1.82, 2.24) is 0 Å².